The molecule has 4 rings (SSSR count). The number of rotatable bonds is 5. The van der Waals surface area contributed by atoms with Gasteiger partial charge in [0.25, 0.3) is 0 Å². The molecule has 0 aromatic carbocycles. The van der Waals surface area contributed by atoms with Gasteiger partial charge in [-0.15, -0.1) is 0 Å². The number of ether oxygens (including phenoxy) is 1. The Labute approximate surface area is 195 Å². The molecule has 11 atom stereocenters. The minimum Gasteiger partial charge on any atom is -0.465 e. The average Bonchev–Trinajstić information content (AvgIpc) is 3.06. The van der Waals surface area contributed by atoms with Gasteiger partial charge in [0.2, 0.25) is 0 Å². The zero-order chi connectivity index (χ0) is 23.4. The molecule has 0 bridgehead atoms. The molecule has 3 aliphatic carbocycles. The van der Waals surface area contributed by atoms with E-state index in [0.717, 1.165) is 32.1 Å². The van der Waals surface area contributed by atoms with Gasteiger partial charge in [0.05, 0.1) is 24.7 Å². The molecule has 4 aliphatic rings. The van der Waals surface area contributed by atoms with E-state index in [1.54, 1.807) is 0 Å². The van der Waals surface area contributed by atoms with E-state index in [-0.39, 0.29) is 34.6 Å². The molecule has 4 heteroatoms. The van der Waals surface area contributed by atoms with Gasteiger partial charge in [-0.25, -0.2) is 0 Å². The molecular formula is C28H48O4. The van der Waals surface area contributed by atoms with E-state index in [0.29, 0.717) is 36.2 Å². The highest BCUT2D eigenvalue weighted by atomic mass is 16.5. The molecule has 32 heavy (non-hydrogen) atoms. The molecule has 0 amide bonds. The first kappa shape index (κ1) is 24.5. The summed E-state index contributed by atoms with van der Waals surface area (Å²) in [6, 6.07) is 0. The van der Waals surface area contributed by atoms with Crippen LogP contribution in [0.25, 0.3) is 0 Å². The maximum atomic E-state index is 12.9. The number of esters is 1. The Balaban J connectivity index is 1.56. The van der Waals surface area contributed by atoms with Gasteiger partial charge in [0.15, 0.2) is 0 Å². The lowest BCUT2D eigenvalue weighted by Gasteiger charge is -2.55. The van der Waals surface area contributed by atoms with Crippen LogP contribution in [0.15, 0.2) is 0 Å². The van der Waals surface area contributed by atoms with Crippen molar-refractivity contribution in [2.45, 2.75) is 105 Å². The second-order valence-electron chi connectivity index (χ2n) is 13.0. The third-order valence-corrected chi connectivity index (χ3v) is 11.4. The van der Waals surface area contributed by atoms with Crippen LogP contribution >= 0.6 is 0 Å². The van der Waals surface area contributed by atoms with Crippen molar-refractivity contribution < 1.29 is 19.7 Å². The van der Waals surface area contributed by atoms with Gasteiger partial charge >= 0.3 is 5.97 Å². The molecule has 3 saturated carbocycles. The molecular weight excluding hydrogens is 400 g/mol. The van der Waals surface area contributed by atoms with E-state index >= 15 is 0 Å². The number of fused-ring (bicyclic) bond motifs is 5. The van der Waals surface area contributed by atoms with Crippen LogP contribution in [-0.2, 0) is 9.53 Å². The maximum absolute atomic E-state index is 12.9. The number of carbonyl (C=O) groups excluding carboxylic acids is 1. The van der Waals surface area contributed by atoms with Crippen molar-refractivity contribution in [3.05, 3.63) is 0 Å². The van der Waals surface area contributed by atoms with Crippen molar-refractivity contribution in [1.29, 1.82) is 0 Å². The van der Waals surface area contributed by atoms with E-state index in [1.165, 1.54) is 19.3 Å². The number of cyclic esters (lactones) is 1. The molecule has 0 aromatic rings. The highest BCUT2D eigenvalue weighted by Crippen LogP contribution is 2.66. The summed E-state index contributed by atoms with van der Waals surface area (Å²) in [5, 5.41) is 22.0. The monoisotopic (exact) mass is 448 g/mol. The molecule has 1 saturated heterocycles. The summed E-state index contributed by atoms with van der Waals surface area (Å²) in [6.45, 7) is 13.9. The molecule has 0 aromatic heterocycles. The highest BCUT2D eigenvalue weighted by Gasteiger charge is 2.61. The smallest absolute Gasteiger partial charge is 0.309 e. The van der Waals surface area contributed by atoms with Crippen LogP contribution < -0.4 is 0 Å². The first-order chi connectivity index (χ1) is 15.0. The van der Waals surface area contributed by atoms with Crippen LogP contribution in [0, 0.1) is 58.2 Å². The number of aliphatic hydroxyl groups excluding tert-OH is 2. The number of carbonyl (C=O) groups is 1. The molecule has 1 heterocycles. The fourth-order valence-electron chi connectivity index (χ4n) is 8.97. The van der Waals surface area contributed by atoms with Crippen molar-refractivity contribution in [2.75, 3.05) is 6.61 Å². The van der Waals surface area contributed by atoms with Crippen LogP contribution in [0.4, 0.5) is 0 Å². The molecule has 1 aliphatic heterocycles. The van der Waals surface area contributed by atoms with Gasteiger partial charge in [-0.2, -0.15) is 0 Å². The Kier molecular flexibility index (Phi) is 6.80. The van der Waals surface area contributed by atoms with E-state index in [9.17, 15) is 15.0 Å². The Hall–Kier alpha value is -0.610. The highest BCUT2D eigenvalue weighted by molar-refractivity contribution is 5.74. The largest absolute Gasteiger partial charge is 0.465 e. The maximum Gasteiger partial charge on any atom is 0.309 e. The fraction of sp³-hybridized carbons (Fsp3) is 0.964. The molecule has 2 N–H and O–H groups in total. The van der Waals surface area contributed by atoms with Crippen LogP contribution in [-0.4, -0.2) is 35.0 Å². The summed E-state index contributed by atoms with van der Waals surface area (Å²) < 4.78 is 5.97. The van der Waals surface area contributed by atoms with Gasteiger partial charge in [0.1, 0.15) is 0 Å². The number of hydrogen-bond donors (Lipinski definition) is 2. The molecule has 0 spiro atoms. The van der Waals surface area contributed by atoms with E-state index in [1.807, 2.05) is 0 Å². The van der Waals surface area contributed by atoms with Crippen molar-refractivity contribution in [1.82, 2.24) is 0 Å². The van der Waals surface area contributed by atoms with Crippen molar-refractivity contribution >= 4 is 5.97 Å². The van der Waals surface area contributed by atoms with Crippen LogP contribution in [0.2, 0.25) is 0 Å². The zero-order valence-electron chi connectivity index (χ0n) is 21.3. The Morgan fingerprint density at radius 3 is 2.25 bits per heavy atom. The van der Waals surface area contributed by atoms with Crippen LogP contribution in [0.3, 0.4) is 0 Å². The van der Waals surface area contributed by atoms with Gasteiger partial charge in [0, 0.05) is 0 Å². The zero-order valence-corrected chi connectivity index (χ0v) is 21.3. The third kappa shape index (κ3) is 3.76. The minimum absolute atomic E-state index is 0.0624. The predicted molar refractivity (Wildman–Crippen MR) is 127 cm³/mol. The molecule has 4 nitrogen and oxygen atoms in total. The summed E-state index contributed by atoms with van der Waals surface area (Å²) in [7, 11) is 0. The quantitative estimate of drug-likeness (QED) is 0.549. The van der Waals surface area contributed by atoms with E-state index < -0.39 is 12.2 Å². The standard InChI is InChI=1S/C28H48O4/c1-16(2)17(3)24(29)25(30)18(4)20-10-11-21-19-15-32-26(31)23-9-7-8-13-27(23,5)22(19)12-14-28(20,21)6/h16-25,29-30H,7-15H2,1-6H3/t17-,18+,19?,20?,21?,22?,23-,24-,25-,27?,28?/m1/s1. The summed E-state index contributed by atoms with van der Waals surface area (Å²) in [4.78, 5) is 12.9. The Morgan fingerprint density at radius 1 is 0.875 bits per heavy atom. The second-order valence-corrected chi connectivity index (χ2v) is 13.0. The van der Waals surface area contributed by atoms with Crippen molar-refractivity contribution in [3.8, 4) is 0 Å². The topological polar surface area (TPSA) is 66.8 Å². The molecule has 4 fully saturated rings. The summed E-state index contributed by atoms with van der Waals surface area (Å²) >= 11 is 0. The lowest BCUT2D eigenvalue weighted by atomic mass is 9.49. The van der Waals surface area contributed by atoms with Crippen molar-refractivity contribution in [2.24, 2.45) is 58.2 Å². The molecule has 6 unspecified atom stereocenters. The van der Waals surface area contributed by atoms with Gasteiger partial charge in [-0.1, -0.05) is 54.4 Å². The third-order valence-electron chi connectivity index (χ3n) is 11.4. The molecule has 184 valence electrons. The minimum atomic E-state index is -0.682. The van der Waals surface area contributed by atoms with E-state index in [4.69, 9.17) is 4.74 Å². The second kappa shape index (κ2) is 8.87. The summed E-state index contributed by atoms with van der Waals surface area (Å²) in [5.41, 5.74) is 0.240. The normalized spacial score (nSPS) is 45.7. The average molecular weight is 449 g/mol. The van der Waals surface area contributed by atoms with Crippen molar-refractivity contribution in [3.63, 3.8) is 0 Å². The lowest BCUT2D eigenvalue weighted by Crippen LogP contribution is -2.51. The van der Waals surface area contributed by atoms with Gasteiger partial charge < -0.3 is 14.9 Å². The summed E-state index contributed by atoms with van der Waals surface area (Å²) in [6.07, 6.45) is 7.81. The summed E-state index contributed by atoms with van der Waals surface area (Å²) in [5.74, 6) is 2.62. The Morgan fingerprint density at radius 2 is 1.56 bits per heavy atom. The lowest BCUT2D eigenvalue weighted by molar-refractivity contribution is -0.153. The molecule has 0 radical (unpaired) electrons. The number of aliphatic hydroxyl groups is 2. The predicted octanol–water partition coefficient (Wildman–Crippen LogP) is 5.45. The Bertz CT molecular complexity index is 691. The first-order valence-corrected chi connectivity index (χ1v) is 13.5. The number of hydrogen-bond acceptors (Lipinski definition) is 4. The SMILES string of the molecule is CC(C)[C@@H](C)[C@@H](O)[C@H](O)[C@@H](C)C1CCC2C3COC(=O)[C@H]4CCCCC4(C)C3CCC21C. The van der Waals surface area contributed by atoms with Gasteiger partial charge in [-0.05, 0) is 90.8 Å². The first-order valence-electron chi connectivity index (χ1n) is 13.5. The van der Waals surface area contributed by atoms with Crippen LogP contribution in [0.1, 0.15) is 92.9 Å². The van der Waals surface area contributed by atoms with Crippen LogP contribution in [0.5, 0.6) is 0 Å². The van der Waals surface area contributed by atoms with Gasteiger partial charge in [-0.3, -0.25) is 4.79 Å². The van der Waals surface area contributed by atoms with E-state index in [2.05, 4.69) is 41.5 Å². The fourth-order valence-corrected chi connectivity index (χ4v) is 8.97.